The second kappa shape index (κ2) is 8.78. The Morgan fingerprint density at radius 2 is 1.90 bits per heavy atom. The summed E-state index contributed by atoms with van der Waals surface area (Å²) in [4.78, 5) is 38.6. The van der Waals surface area contributed by atoms with Gasteiger partial charge in [-0.3, -0.25) is 14.4 Å². The normalized spacial score (nSPS) is 16.1. The number of rotatable bonds is 5. The molecule has 1 aliphatic heterocycles. The van der Waals surface area contributed by atoms with Crippen molar-refractivity contribution < 1.29 is 19.1 Å². The Labute approximate surface area is 178 Å². The molecule has 1 fully saturated rings. The highest BCUT2D eigenvalue weighted by Gasteiger charge is 2.36. The molecule has 152 valence electrons. The highest BCUT2D eigenvalue weighted by Crippen LogP contribution is 2.29. The van der Waals surface area contributed by atoms with Crippen LogP contribution >= 0.6 is 15.9 Å². The molecule has 0 aliphatic carbocycles. The molecule has 2 aromatic carbocycles. The smallest absolute Gasteiger partial charge is 0.311 e. The number of hydrogen-bond acceptors (Lipinski definition) is 4. The van der Waals surface area contributed by atoms with E-state index >= 15 is 0 Å². The van der Waals surface area contributed by atoms with Gasteiger partial charge in [0.15, 0.2) is 6.61 Å². The van der Waals surface area contributed by atoms with E-state index in [0.717, 1.165) is 26.9 Å². The van der Waals surface area contributed by atoms with E-state index in [1.54, 1.807) is 11.0 Å². The molecule has 7 heteroatoms. The molecule has 1 saturated heterocycles. The predicted molar refractivity (Wildman–Crippen MR) is 115 cm³/mol. The van der Waals surface area contributed by atoms with Crippen LogP contribution in [0, 0.1) is 26.7 Å². The molecule has 1 N–H and O–H groups in total. The number of anilines is 2. The van der Waals surface area contributed by atoms with Crippen LogP contribution in [0.5, 0.6) is 0 Å². The van der Waals surface area contributed by atoms with Gasteiger partial charge in [-0.25, -0.2) is 0 Å². The van der Waals surface area contributed by atoms with Gasteiger partial charge >= 0.3 is 5.97 Å². The van der Waals surface area contributed by atoms with Gasteiger partial charge in [-0.1, -0.05) is 28.1 Å². The second-order valence-corrected chi connectivity index (χ2v) is 8.23. The van der Waals surface area contributed by atoms with Crippen molar-refractivity contribution in [3.63, 3.8) is 0 Å². The molecule has 2 amide bonds. The zero-order valence-electron chi connectivity index (χ0n) is 16.6. The van der Waals surface area contributed by atoms with Gasteiger partial charge in [0.2, 0.25) is 5.91 Å². The third-order valence-electron chi connectivity index (χ3n) is 4.92. The lowest BCUT2D eigenvalue weighted by atomic mass is 10.1. The van der Waals surface area contributed by atoms with Crippen molar-refractivity contribution in [1.82, 2.24) is 0 Å². The SMILES string of the molecule is Cc1ccc(C)c(N2C[C@H](C(=O)OCC(=O)Nc3ccc(Br)cc3C)CC2=O)c1. The van der Waals surface area contributed by atoms with Gasteiger partial charge in [0.05, 0.1) is 5.92 Å². The first-order valence-corrected chi connectivity index (χ1v) is 10.1. The molecule has 0 spiro atoms. The summed E-state index contributed by atoms with van der Waals surface area (Å²) < 4.78 is 6.09. The number of benzene rings is 2. The zero-order valence-corrected chi connectivity index (χ0v) is 18.2. The summed E-state index contributed by atoms with van der Waals surface area (Å²) >= 11 is 3.37. The first-order chi connectivity index (χ1) is 13.7. The molecule has 1 atom stereocenters. The Morgan fingerprint density at radius 1 is 1.14 bits per heavy atom. The lowest BCUT2D eigenvalue weighted by Crippen LogP contribution is -2.28. The largest absolute Gasteiger partial charge is 0.455 e. The number of carbonyl (C=O) groups is 3. The van der Waals surface area contributed by atoms with Crippen molar-refractivity contribution in [1.29, 1.82) is 0 Å². The number of carbonyl (C=O) groups excluding carboxylic acids is 3. The highest BCUT2D eigenvalue weighted by atomic mass is 79.9. The fourth-order valence-corrected chi connectivity index (χ4v) is 3.79. The van der Waals surface area contributed by atoms with Crippen LogP contribution in [-0.4, -0.2) is 30.9 Å². The first kappa shape index (κ1) is 21.0. The van der Waals surface area contributed by atoms with Crippen LogP contribution in [-0.2, 0) is 19.1 Å². The number of hydrogen-bond donors (Lipinski definition) is 1. The van der Waals surface area contributed by atoms with E-state index in [9.17, 15) is 14.4 Å². The van der Waals surface area contributed by atoms with Crippen LogP contribution in [0.3, 0.4) is 0 Å². The fraction of sp³-hybridized carbons (Fsp3) is 0.318. The molecule has 0 aromatic heterocycles. The molecule has 1 heterocycles. The van der Waals surface area contributed by atoms with E-state index in [2.05, 4.69) is 21.2 Å². The van der Waals surface area contributed by atoms with Gasteiger partial charge < -0.3 is 15.0 Å². The lowest BCUT2D eigenvalue weighted by molar-refractivity contribution is -0.151. The average molecular weight is 459 g/mol. The third kappa shape index (κ3) is 5.03. The minimum atomic E-state index is -0.579. The molecular weight excluding hydrogens is 436 g/mol. The molecule has 0 bridgehead atoms. The van der Waals surface area contributed by atoms with E-state index < -0.39 is 17.8 Å². The van der Waals surface area contributed by atoms with Crippen LogP contribution in [0.25, 0.3) is 0 Å². The van der Waals surface area contributed by atoms with E-state index in [-0.39, 0.29) is 25.5 Å². The van der Waals surface area contributed by atoms with Crippen molar-refractivity contribution in [2.24, 2.45) is 5.92 Å². The van der Waals surface area contributed by atoms with Gasteiger partial charge in [-0.05, 0) is 61.7 Å². The maximum Gasteiger partial charge on any atom is 0.311 e. The maximum atomic E-state index is 12.4. The Kier molecular flexibility index (Phi) is 6.37. The molecule has 3 rings (SSSR count). The van der Waals surface area contributed by atoms with Crippen molar-refractivity contribution >= 4 is 45.1 Å². The number of ether oxygens (including phenoxy) is 1. The summed E-state index contributed by atoms with van der Waals surface area (Å²) in [5.41, 5.74) is 4.39. The van der Waals surface area contributed by atoms with Crippen molar-refractivity contribution in [2.75, 3.05) is 23.4 Å². The van der Waals surface area contributed by atoms with Gasteiger partial charge in [-0.15, -0.1) is 0 Å². The standard InChI is InChI=1S/C22H23BrN2O4/c1-13-4-5-14(2)19(8-13)25-11-16(10-21(25)27)22(28)29-12-20(26)24-18-7-6-17(23)9-15(18)3/h4-9,16H,10-12H2,1-3H3,(H,24,26)/t16-/m1/s1. The van der Waals surface area contributed by atoms with Crippen LogP contribution in [0.2, 0.25) is 0 Å². The molecule has 0 unspecified atom stereocenters. The number of halogens is 1. The van der Waals surface area contributed by atoms with E-state index in [1.165, 1.54) is 0 Å². The summed E-state index contributed by atoms with van der Waals surface area (Å²) in [5.74, 6) is -1.64. The van der Waals surface area contributed by atoms with Crippen molar-refractivity contribution in [2.45, 2.75) is 27.2 Å². The number of amides is 2. The second-order valence-electron chi connectivity index (χ2n) is 7.31. The minimum absolute atomic E-state index is 0.0830. The summed E-state index contributed by atoms with van der Waals surface area (Å²) in [6, 6.07) is 11.4. The Morgan fingerprint density at radius 3 is 2.62 bits per heavy atom. The Balaban J connectivity index is 1.56. The van der Waals surface area contributed by atoms with Gasteiger partial charge in [0, 0.05) is 28.8 Å². The van der Waals surface area contributed by atoms with Crippen molar-refractivity contribution in [3.8, 4) is 0 Å². The number of nitrogens with one attached hydrogen (secondary N) is 1. The summed E-state index contributed by atoms with van der Waals surface area (Å²) in [5, 5.41) is 2.73. The van der Waals surface area contributed by atoms with Gasteiger partial charge in [0.25, 0.3) is 5.91 Å². The van der Waals surface area contributed by atoms with Crippen LogP contribution in [0.1, 0.15) is 23.1 Å². The number of aryl methyl sites for hydroxylation is 3. The molecule has 29 heavy (non-hydrogen) atoms. The Bertz CT molecular complexity index is 973. The van der Waals surface area contributed by atoms with Crippen molar-refractivity contribution in [3.05, 3.63) is 57.6 Å². The monoisotopic (exact) mass is 458 g/mol. The molecule has 0 radical (unpaired) electrons. The molecular formula is C22H23BrN2O4. The first-order valence-electron chi connectivity index (χ1n) is 9.35. The van der Waals surface area contributed by atoms with Gasteiger partial charge in [0.1, 0.15) is 0 Å². The maximum absolute atomic E-state index is 12.4. The topological polar surface area (TPSA) is 75.7 Å². The number of nitrogens with zero attached hydrogens (tertiary/aromatic N) is 1. The average Bonchev–Trinajstić information content (AvgIpc) is 3.05. The highest BCUT2D eigenvalue weighted by molar-refractivity contribution is 9.10. The summed E-state index contributed by atoms with van der Waals surface area (Å²) in [6.07, 6.45) is 0.0830. The third-order valence-corrected chi connectivity index (χ3v) is 5.42. The minimum Gasteiger partial charge on any atom is -0.455 e. The molecule has 2 aromatic rings. The quantitative estimate of drug-likeness (QED) is 0.689. The molecule has 0 saturated carbocycles. The molecule has 1 aliphatic rings. The number of esters is 1. The fourth-order valence-electron chi connectivity index (χ4n) is 3.32. The predicted octanol–water partition coefficient (Wildman–Crippen LogP) is 3.91. The zero-order chi connectivity index (χ0) is 21.1. The van der Waals surface area contributed by atoms with E-state index in [4.69, 9.17) is 4.74 Å². The van der Waals surface area contributed by atoms with Gasteiger partial charge in [-0.2, -0.15) is 0 Å². The summed E-state index contributed by atoms with van der Waals surface area (Å²) in [6.45, 7) is 5.64. The van der Waals surface area contributed by atoms with Crippen LogP contribution < -0.4 is 10.2 Å². The summed E-state index contributed by atoms with van der Waals surface area (Å²) in [7, 11) is 0. The van der Waals surface area contributed by atoms with E-state index in [0.29, 0.717) is 5.69 Å². The lowest BCUT2D eigenvalue weighted by Gasteiger charge is -2.19. The van der Waals surface area contributed by atoms with Crippen LogP contribution in [0.4, 0.5) is 11.4 Å². The molecule has 6 nitrogen and oxygen atoms in total. The van der Waals surface area contributed by atoms with E-state index in [1.807, 2.05) is 51.1 Å². The van der Waals surface area contributed by atoms with Crippen LogP contribution in [0.15, 0.2) is 40.9 Å². The Hall–Kier alpha value is -2.67.